The Balaban J connectivity index is 1.28. The van der Waals surface area contributed by atoms with Gasteiger partial charge in [-0.05, 0) is 47.2 Å². The summed E-state index contributed by atoms with van der Waals surface area (Å²) in [4.78, 5) is 55.9. The van der Waals surface area contributed by atoms with Crippen LogP contribution in [0.3, 0.4) is 0 Å². The molecule has 2 aliphatic heterocycles. The Labute approximate surface area is 244 Å². The zero-order chi connectivity index (χ0) is 30.5. The highest BCUT2D eigenvalue weighted by molar-refractivity contribution is 6.21. The third-order valence-electron chi connectivity index (χ3n) is 7.82. The molecule has 2 aliphatic carbocycles. The van der Waals surface area contributed by atoms with Crippen molar-refractivity contribution in [2.45, 2.75) is 44.1 Å². The van der Waals surface area contributed by atoms with Gasteiger partial charge in [0.25, 0.3) is 11.8 Å². The van der Waals surface area contributed by atoms with Crippen molar-refractivity contribution in [3.8, 4) is 0 Å². The van der Waals surface area contributed by atoms with Gasteiger partial charge in [0.2, 0.25) is 6.17 Å². The van der Waals surface area contributed by atoms with E-state index in [0.29, 0.717) is 33.9 Å². The molecular formula is C30H27F3N6O4. The molecule has 0 radical (unpaired) electrons. The molecule has 2 heterocycles. The van der Waals surface area contributed by atoms with Crippen molar-refractivity contribution in [1.29, 1.82) is 0 Å². The number of nitrogens with zero attached hydrogens (tertiary/aromatic N) is 2. The van der Waals surface area contributed by atoms with E-state index in [9.17, 15) is 32.3 Å². The van der Waals surface area contributed by atoms with Gasteiger partial charge in [-0.15, -0.1) is 0 Å². The number of aliphatic imine (C=N–C) groups is 1. The summed E-state index contributed by atoms with van der Waals surface area (Å²) in [5.41, 5.74) is 2.09. The van der Waals surface area contributed by atoms with Gasteiger partial charge in [-0.3, -0.25) is 19.8 Å². The molecule has 0 aromatic heterocycles. The number of urea groups is 2. The molecule has 1 fully saturated rings. The van der Waals surface area contributed by atoms with E-state index in [4.69, 9.17) is 0 Å². The van der Waals surface area contributed by atoms with Crippen LogP contribution in [0.5, 0.6) is 0 Å². The normalized spacial score (nSPS) is 24.5. The lowest BCUT2D eigenvalue weighted by atomic mass is 9.91. The number of anilines is 2. The summed E-state index contributed by atoms with van der Waals surface area (Å²) in [6.45, 7) is 0.426. The second-order valence-electron chi connectivity index (χ2n) is 11.1. The van der Waals surface area contributed by atoms with Gasteiger partial charge >= 0.3 is 18.2 Å². The summed E-state index contributed by atoms with van der Waals surface area (Å²) in [5.74, 6) is -1.33. The van der Waals surface area contributed by atoms with Crippen LogP contribution in [0.2, 0.25) is 0 Å². The minimum absolute atomic E-state index is 0.0383. The first-order valence-electron chi connectivity index (χ1n) is 13.7. The molecule has 2 aromatic carbocycles. The number of amides is 6. The van der Waals surface area contributed by atoms with Crippen molar-refractivity contribution in [2.24, 2.45) is 10.9 Å². The van der Waals surface area contributed by atoms with Crippen molar-refractivity contribution in [3.63, 3.8) is 0 Å². The van der Waals surface area contributed by atoms with Crippen LogP contribution < -0.4 is 26.2 Å². The average molecular weight is 593 g/mol. The number of rotatable bonds is 4. The minimum atomic E-state index is -4.71. The van der Waals surface area contributed by atoms with Gasteiger partial charge in [0.05, 0.1) is 11.4 Å². The number of benzodiazepines with no additional fused rings is 1. The first kappa shape index (κ1) is 28.2. The summed E-state index contributed by atoms with van der Waals surface area (Å²) in [6.07, 6.45) is 0.583. The molecule has 4 N–H and O–H groups in total. The van der Waals surface area contributed by atoms with Crippen LogP contribution in [0.1, 0.15) is 30.0 Å². The molecule has 4 aliphatic rings. The molecule has 0 saturated carbocycles. The van der Waals surface area contributed by atoms with Crippen molar-refractivity contribution < 1.29 is 32.3 Å². The molecule has 3 atom stereocenters. The van der Waals surface area contributed by atoms with Gasteiger partial charge in [-0.25, -0.2) is 14.6 Å². The zero-order valence-corrected chi connectivity index (χ0v) is 22.9. The number of alkyl halides is 3. The van der Waals surface area contributed by atoms with Crippen LogP contribution >= 0.6 is 0 Å². The average Bonchev–Trinajstić information content (AvgIpc) is 3.41. The zero-order valence-electron chi connectivity index (χ0n) is 22.9. The van der Waals surface area contributed by atoms with E-state index >= 15 is 0 Å². The molecule has 1 spiro atoms. The van der Waals surface area contributed by atoms with Gasteiger partial charge in [0.1, 0.15) is 12.1 Å². The van der Waals surface area contributed by atoms with E-state index in [1.807, 2.05) is 19.1 Å². The summed E-state index contributed by atoms with van der Waals surface area (Å²) in [5, 5.41) is 9.98. The van der Waals surface area contributed by atoms with E-state index in [-0.39, 0.29) is 18.0 Å². The monoisotopic (exact) mass is 592 g/mol. The van der Waals surface area contributed by atoms with E-state index < -0.39 is 48.3 Å². The van der Waals surface area contributed by atoms with Gasteiger partial charge in [-0.2, -0.15) is 13.2 Å². The van der Waals surface area contributed by atoms with E-state index in [1.165, 1.54) is 6.07 Å². The molecule has 1 saturated heterocycles. The topological polar surface area (TPSA) is 132 Å². The van der Waals surface area contributed by atoms with Gasteiger partial charge in [0.15, 0.2) is 0 Å². The lowest BCUT2D eigenvalue weighted by molar-refractivity contribution is -0.133. The number of allylic oxidation sites excluding steroid dienone is 4. The first-order chi connectivity index (χ1) is 20.4. The molecule has 0 bridgehead atoms. The Morgan fingerprint density at radius 2 is 1.88 bits per heavy atom. The maximum atomic E-state index is 13.7. The van der Waals surface area contributed by atoms with Crippen LogP contribution in [0.25, 0.3) is 0 Å². The number of halogens is 3. The van der Waals surface area contributed by atoms with Gasteiger partial charge in [-0.1, -0.05) is 49.4 Å². The first-order valence-corrected chi connectivity index (χ1v) is 13.7. The van der Waals surface area contributed by atoms with Crippen molar-refractivity contribution in [1.82, 2.24) is 16.0 Å². The van der Waals surface area contributed by atoms with E-state index in [2.05, 4.69) is 26.3 Å². The smallest absolute Gasteiger partial charge is 0.323 e. The number of fused-ring (bicyclic) bond motifs is 2. The summed E-state index contributed by atoms with van der Waals surface area (Å²) in [6, 6.07) is 9.76. The third-order valence-corrected chi connectivity index (χ3v) is 7.82. The van der Waals surface area contributed by atoms with Gasteiger partial charge in [0, 0.05) is 24.1 Å². The van der Waals surface area contributed by atoms with Crippen LogP contribution in [0.4, 0.5) is 34.1 Å². The van der Waals surface area contributed by atoms with E-state index in [1.54, 1.807) is 42.5 Å². The predicted molar refractivity (Wildman–Crippen MR) is 152 cm³/mol. The second kappa shape index (κ2) is 10.4. The molecule has 10 nitrogen and oxygen atoms in total. The van der Waals surface area contributed by atoms with Crippen LogP contribution in [0, 0.1) is 5.92 Å². The Morgan fingerprint density at radius 1 is 1.12 bits per heavy atom. The lowest BCUT2D eigenvalue weighted by Crippen LogP contribution is -2.50. The fourth-order valence-corrected chi connectivity index (χ4v) is 5.92. The molecule has 43 heavy (non-hydrogen) atoms. The Bertz CT molecular complexity index is 1650. The fraction of sp³-hybridized carbons (Fsp3) is 0.300. The predicted octanol–water partition coefficient (Wildman–Crippen LogP) is 3.73. The summed E-state index contributed by atoms with van der Waals surface area (Å²) in [7, 11) is 0. The Hall–Kier alpha value is -4.94. The molecule has 2 unspecified atom stereocenters. The number of para-hydroxylation sites is 1. The summed E-state index contributed by atoms with van der Waals surface area (Å²) < 4.78 is 41.0. The van der Waals surface area contributed by atoms with Crippen molar-refractivity contribution in [3.05, 3.63) is 83.0 Å². The standard InChI is InChI=1S/C30H27F3N6O4/c1-16-5-4-6-17(11-16)23-21-7-2-3-8-22(21)39(15-30(31,32)33)25(40)24(35-23)36-27(42)34-20-10-9-18-13-29(14-19(18)12-20)26(41)37-28(43)38-29/h2-4,6-12,16,24H,5,13-15H2,1H3,(H2,34,36,42)(H2,37,38,41,43)/t16?,24-,29?/m0/s1. The molecule has 13 heteroatoms. The molecular weight excluding hydrogens is 565 g/mol. The number of carbonyl (C=O) groups is 4. The van der Waals surface area contributed by atoms with E-state index in [0.717, 1.165) is 17.5 Å². The molecule has 6 rings (SSSR count). The number of benzene rings is 2. The van der Waals surface area contributed by atoms with Crippen LogP contribution in [0.15, 0.2) is 71.3 Å². The fourth-order valence-electron chi connectivity index (χ4n) is 5.92. The molecule has 222 valence electrons. The van der Waals surface area contributed by atoms with Crippen molar-refractivity contribution in [2.75, 3.05) is 16.8 Å². The number of imide groups is 1. The lowest BCUT2D eigenvalue weighted by Gasteiger charge is -2.26. The molecule has 2 aromatic rings. The van der Waals surface area contributed by atoms with Crippen LogP contribution in [-0.4, -0.2) is 54.0 Å². The van der Waals surface area contributed by atoms with Crippen molar-refractivity contribution >= 4 is 41.0 Å². The number of nitrogens with one attached hydrogen (secondary N) is 4. The Kier molecular flexibility index (Phi) is 6.82. The largest absolute Gasteiger partial charge is 0.406 e. The van der Waals surface area contributed by atoms with Crippen LogP contribution in [-0.2, 0) is 22.4 Å². The second-order valence-corrected chi connectivity index (χ2v) is 11.1. The summed E-state index contributed by atoms with van der Waals surface area (Å²) >= 11 is 0. The number of carbonyl (C=O) groups excluding carboxylic acids is 4. The minimum Gasteiger partial charge on any atom is -0.323 e. The highest BCUT2D eigenvalue weighted by Crippen LogP contribution is 2.35. The third kappa shape index (κ3) is 5.49. The maximum Gasteiger partial charge on any atom is 0.406 e. The Morgan fingerprint density at radius 3 is 2.60 bits per heavy atom. The maximum absolute atomic E-state index is 13.7. The highest BCUT2D eigenvalue weighted by Gasteiger charge is 2.50. The highest BCUT2D eigenvalue weighted by atomic mass is 19.4. The number of hydrogen-bond acceptors (Lipinski definition) is 5. The quantitative estimate of drug-likeness (QED) is 0.403. The number of hydrogen-bond donors (Lipinski definition) is 4. The van der Waals surface area contributed by atoms with Gasteiger partial charge < -0.3 is 16.0 Å². The SMILES string of the molecule is CC1C=C(C2=N[C@@H](NC(=O)Nc3ccc4c(c3)CC3(C4)NC(=O)NC3=O)C(=O)N(CC(F)(F)F)c3ccccc32)C=CC1. The molecule has 6 amide bonds.